The Bertz CT molecular complexity index is 1110. The summed E-state index contributed by atoms with van der Waals surface area (Å²) in [5.41, 5.74) is 0.788. The molecule has 2 heterocycles. The van der Waals surface area contributed by atoms with Crippen LogP contribution in [0.2, 0.25) is 0 Å². The van der Waals surface area contributed by atoms with Crippen molar-refractivity contribution >= 4 is 17.6 Å². The van der Waals surface area contributed by atoms with Crippen LogP contribution in [0.4, 0.5) is 14.6 Å². The molecule has 0 unspecified atom stereocenters. The number of aromatic nitrogens is 2. The van der Waals surface area contributed by atoms with E-state index in [0.717, 1.165) is 12.1 Å². The molecule has 6 nitrogen and oxygen atoms in total. The van der Waals surface area contributed by atoms with Crippen molar-refractivity contribution in [1.29, 1.82) is 0 Å². The summed E-state index contributed by atoms with van der Waals surface area (Å²) in [7, 11) is 0. The second kappa shape index (κ2) is 7.37. The molecule has 0 fully saturated rings. The number of anilines is 1. The highest BCUT2D eigenvalue weighted by Gasteiger charge is 2.43. The van der Waals surface area contributed by atoms with E-state index in [9.17, 15) is 18.4 Å². The van der Waals surface area contributed by atoms with Gasteiger partial charge in [0, 0.05) is 16.7 Å². The molecule has 2 aromatic carbocycles. The van der Waals surface area contributed by atoms with Crippen LogP contribution in [0.3, 0.4) is 0 Å². The number of nitrogens with one attached hydrogen (secondary N) is 2. The van der Waals surface area contributed by atoms with Crippen LogP contribution < -0.4 is 5.32 Å². The van der Waals surface area contributed by atoms with Gasteiger partial charge in [-0.1, -0.05) is 24.3 Å². The molecule has 0 spiro atoms. The van der Waals surface area contributed by atoms with E-state index in [-0.39, 0.29) is 18.0 Å². The minimum atomic E-state index is -0.781. The Morgan fingerprint density at radius 3 is 2.43 bits per heavy atom. The van der Waals surface area contributed by atoms with E-state index in [0.29, 0.717) is 22.6 Å². The molecule has 3 aromatic rings. The van der Waals surface area contributed by atoms with Gasteiger partial charge in [-0.05, 0) is 38.1 Å². The molecule has 0 aliphatic carbocycles. The Morgan fingerprint density at radius 2 is 1.77 bits per heavy atom. The van der Waals surface area contributed by atoms with Gasteiger partial charge in [0.25, 0.3) is 5.91 Å². The molecule has 0 atom stereocenters. The number of halogens is 2. The summed E-state index contributed by atoms with van der Waals surface area (Å²) in [5, 5.41) is 9.85. The van der Waals surface area contributed by atoms with E-state index in [1.807, 2.05) is 19.9 Å². The predicted molar refractivity (Wildman–Crippen MR) is 107 cm³/mol. The Morgan fingerprint density at radius 1 is 1.10 bits per heavy atom. The monoisotopic (exact) mass is 410 g/mol. The van der Waals surface area contributed by atoms with Crippen molar-refractivity contribution in [3.05, 3.63) is 82.5 Å². The van der Waals surface area contributed by atoms with Crippen LogP contribution in [0.1, 0.15) is 41.0 Å². The van der Waals surface area contributed by atoms with Gasteiger partial charge in [0.15, 0.2) is 5.82 Å². The number of carbonyl (C=O) groups excluding carboxylic acids is 2. The lowest BCUT2D eigenvalue weighted by Crippen LogP contribution is -2.41. The fourth-order valence-corrected chi connectivity index (χ4v) is 3.74. The first kappa shape index (κ1) is 19.8. The molecule has 154 valence electrons. The van der Waals surface area contributed by atoms with Gasteiger partial charge in [-0.3, -0.25) is 14.7 Å². The number of amides is 2. The van der Waals surface area contributed by atoms with Crippen LogP contribution >= 0.6 is 0 Å². The Balaban J connectivity index is 1.56. The summed E-state index contributed by atoms with van der Waals surface area (Å²) in [6, 6.07) is 12.2. The number of carbonyl (C=O) groups is 2. The summed E-state index contributed by atoms with van der Waals surface area (Å²) >= 11 is 0. The molecule has 0 radical (unpaired) electrons. The molecule has 0 saturated carbocycles. The van der Waals surface area contributed by atoms with Gasteiger partial charge in [-0.25, -0.2) is 8.78 Å². The number of fused-ring (bicyclic) bond motifs is 1. The number of rotatable bonds is 4. The number of hydrogen-bond acceptors (Lipinski definition) is 3. The van der Waals surface area contributed by atoms with E-state index in [1.165, 1.54) is 11.0 Å². The van der Waals surface area contributed by atoms with Crippen LogP contribution in [0, 0.1) is 11.6 Å². The van der Waals surface area contributed by atoms with E-state index in [4.69, 9.17) is 0 Å². The average Bonchev–Trinajstić information content (AvgIpc) is 3.23. The lowest BCUT2D eigenvalue weighted by atomic mass is 10.00. The van der Waals surface area contributed by atoms with E-state index in [2.05, 4.69) is 15.5 Å². The van der Waals surface area contributed by atoms with Crippen LogP contribution in [-0.2, 0) is 23.3 Å². The molecule has 2 amide bonds. The van der Waals surface area contributed by atoms with Gasteiger partial charge >= 0.3 is 0 Å². The Kier molecular flexibility index (Phi) is 4.85. The van der Waals surface area contributed by atoms with Gasteiger partial charge in [-0.2, -0.15) is 5.10 Å². The smallest absolute Gasteiger partial charge is 0.256 e. The number of nitrogens with zero attached hydrogens (tertiary/aromatic N) is 2. The SMILES string of the molecule is CC1(C)c2[nH]nc(NC(=O)c3ccccc3)c2CN1C(=O)Cc1c(F)cccc1F. The molecule has 1 aromatic heterocycles. The van der Waals surface area contributed by atoms with Gasteiger partial charge in [0.05, 0.1) is 24.2 Å². The fourth-order valence-electron chi connectivity index (χ4n) is 3.74. The number of H-pyrrole nitrogens is 1. The summed E-state index contributed by atoms with van der Waals surface area (Å²) in [6.07, 6.45) is -0.397. The first-order valence-corrected chi connectivity index (χ1v) is 9.46. The highest BCUT2D eigenvalue weighted by atomic mass is 19.1. The zero-order valence-electron chi connectivity index (χ0n) is 16.5. The quantitative estimate of drug-likeness (QED) is 0.688. The van der Waals surface area contributed by atoms with E-state index < -0.39 is 29.5 Å². The molecule has 1 aliphatic heterocycles. The molecule has 2 N–H and O–H groups in total. The maximum absolute atomic E-state index is 14.0. The third-order valence-corrected chi connectivity index (χ3v) is 5.43. The number of aromatic amines is 1. The van der Waals surface area contributed by atoms with Crippen molar-refractivity contribution < 1.29 is 18.4 Å². The predicted octanol–water partition coefficient (Wildman–Crippen LogP) is 3.76. The zero-order valence-corrected chi connectivity index (χ0v) is 16.5. The van der Waals surface area contributed by atoms with Crippen molar-refractivity contribution in [3.8, 4) is 0 Å². The van der Waals surface area contributed by atoms with Gasteiger partial charge < -0.3 is 10.2 Å². The molecule has 0 saturated heterocycles. The fraction of sp³-hybridized carbons (Fsp3) is 0.227. The molecule has 8 heteroatoms. The zero-order chi connectivity index (χ0) is 21.5. The minimum Gasteiger partial charge on any atom is -0.327 e. The third kappa shape index (κ3) is 3.34. The normalized spacial score (nSPS) is 14.5. The van der Waals surface area contributed by atoms with Gasteiger partial charge in [0.1, 0.15) is 11.6 Å². The van der Waals surface area contributed by atoms with E-state index in [1.54, 1.807) is 24.3 Å². The van der Waals surface area contributed by atoms with Crippen molar-refractivity contribution in [2.75, 3.05) is 5.32 Å². The van der Waals surface area contributed by atoms with Gasteiger partial charge in [0.2, 0.25) is 5.91 Å². The van der Waals surface area contributed by atoms with Crippen molar-refractivity contribution in [2.24, 2.45) is 0 Å². The second-order valence-corrected chi connectivity index (χ2v) is 7.66. The summed E-state index contributed by atoms with van der Waals surface area (Å²) in [4.78, 5) is 26.9. The van der Waals surface area contributed by atoms with Crippen molar-refractivity contribution in [1.82, 2.24) is 15.1 Å². The van der Waals surface area contributed by atoms with Crippen molar-refractivity contribution in [2.45, 2.75) is 32.4 Å². The molecule has 1 aliphatic rings. The highest BCUT2D eigenvalue weighted by Crippen LogP contribution is 2.41. The first-order chi connectivity index (χ1) is 14.3. The largest absolute Gasteiger partial charge is 0.327 e. The Hall–Kier alpha value is -3.55. The molecular formula is C22H20F2N4O2. The van der Waals surface area contributed by atoms with Crippen LogP contribution in [0.5, 0.6) is 0 Å². The lowest BCUT2D eigenvalue weighted by Gasteiger charge is -2.32. The minimum absolute atomic E-state index is 0.165. The number of hydrogen-bond donors (Lipinski definition) is 2. The molecule has 4 rings (SSSR count). The first-order valence-electron chi connectivity index (χ1n) is 9.46. The topological polar surface area (TPSA) is 78.1 Å². The summed E-state index contributed by atoms with van der Waals surface area (Å²) in [6.45, 7) is 3.79. The average molecular weight is 410 g/mol. The molecule has 0 bridgehead atoms. The van der Waals surface area contributed by atoms with E-state index >= 15 is 0 Å². The van der Waals surface area contributed by atoms with Crippen LogP contribution in [-0.4, -0.2) is 26.9 Å². The Labute approximate surface area is 171 Å². The summed E-state index contributed by atoms with van der Waals surface area (Å²) < 4.78 is 28.0. The standard InChI is InChI=1S/C22H20F2N4O2/c1-22(2)19-15(20(27-26-19)25-21(30)13-7-4-3-5-8-13)12-28(22)18(29)11-14-16(23)9-6-10-17(14)24/h3-10H,11-12H2,1-2H3,(H2,25,26,27,30). The maximum Gasteiger partial charge on any atom is 0.256 e. The van der Waals surface area contributed by atoms with Crippen LogP contribution in [0.15, 0.2) is 48.5 Å². The maximum atomic E-state index is 14.0. The van der Waals surface area contributed by atoms with Crippen LogP contribution in [0.25, 0.3) is 0 Å². The number of benzene rings is 2. The van der Waals surface area contributed by atoms with Gasteiger partial charge in [-0.15, -0.1) is 0 Å². The second-order valence-electron chi connectivity index (χ2n) is 7.66. The van der Waals surface area contributed by atoms with Crippen molar-refractivity contribution in [3.63, 3.8) is 0 Å². The molecule has 30 heavy (non-hydrogen) atoms. The molecular weight excluding hydrogens is 390 g/mol. The highest BCUT2D eigenvalue weighted by molar-refractivity contribution is 6.04. The third-order valence-electron chi connectivity index (χ3n) is 5.43. The summed E-state index contributed by atoms with van der Waals surface area (Å²) in [5.74, 6) is -1.91. The lowest BCUT2D eigenvalue weighted by molar-refractivity contribution is -0.136.